The maximum absolute atomic E-state index is 12.9. The van der Waals surface area contributed by atoms with E-state index in [-0.39, 0.29) is 29.7 Å². The molecule has 0 aromatic carbocycles. The van der Waals surface area contributed by atoms with Gasteiger partial charge in [0.1, 0.15) is 12.7 Å². The van der Waals surface area contributed by atoms with Gasteiger partial charge in [0.25, 0.3) is 0 Å². The van der Waals surface area contributed by atoms with E-state index in [1.165, 1.54) is 0 Å². The van der Waals surface area contributed by atoms with Crippen LogP contribution in [0.15, 0.2) is 11.6 Å². The Morgan fingerprint density at radius 1 is 1.24 bits per heavy atom. The highest BCUT2D eigenvalue weighted by atomic mass is 16.5. The van der Waals surface area contributed by atoms with E-state index in [0.717, 1.165) is 19.3 Å². The summed E-state index contributed by atoms with van der Waals surface area (Å²) in [5.41, 5.74) is -1.48. The number of hydrogen-bond donors (Lipinski definition) is 2. The molecule has 0 aromatic rings. The van der Waals surface area contributed by atoms with E-state index >= 15 is 0 Å². The van der Waals surface area contributed by atoms with E-state index in [4.69, 9.17) is 4.74 Å². The van der Waals surface area contributed by atoms with Crippen molar-refractivity contribution in [3.05, 3.63) is 11.6 Å². The van der Waals surface area contributed by atoms with Gasteiger partial charge in [-0.25, -0.2) is 4.79 Å². The average molecular weight is 350 g/mol. The molecule has 1 heterocycles. The molecular weight excluding hydrogens is 320 g/mol. The van der Waals surface area contributed by atoms with Crippen LogP contribution in [0, 0.1) is 22.7 Å². The number of cyclic esters (lactones) is 1. The molecule has 5 heteroatoms. The maximum Gasteiger partial charge on any atom is 0.334 e. The summed E-state index contributed by atoms with van der Waals surface area (Å²) >= 11 is 0. The molecule has 0 amide bonds. The van der Waals surface area contributed by atoms with Crippen molar-refractivity contribution in [1.29, 1.82) is 0 Å². The van der Waals surface area contributed by atoms with Crippen LogP contribution < -0.4 is 0 Å². The number of Topliss-reactive ketones (excluding diaryl/α,β-unsaturated/α-hetero) is 1. The first kappa shape index (κ1) is 18.6. The van der Waals surface area contributed by atoms with Crippen LogP contribution >= 0.6 is 0 Å². The number of fused-ring (bicyclic) bond motifs is 1. The van der Waals surface area contributed by atoms with Gasteiger partial charge in [0.15, 0.2) is 5.78 Å². The van der Waals surface area contributed by atoms with Crippen molar-refractivity contribution >= 4 is 11.8 Å². The molecule has 5 atom stereocenters. The molecule has 5 nitrogen and oxygen atoms in total. The van der Waals surface area contributed by atoms with Gasteiger partial charge in [0.05, 0.1) is 5.60 Å². The Labute approximate surface area is 149 Å². The summed E-state index contributed by atoms with van der Waals surface area (Å²) in [6.07, 6.45) is 3.96. The Morgan fingerprint density at radius 2 is 1.92 bits per heavy atom. The van der Waals surface area contributed by atoms with Crippen LogP contribution in [0.3, 0.4) is 0 Å². The van der Waals surface area contributed by atoms with E-state index in [9.17, 15) is 19.8 Å². The molecule has 3 rings (SSSR count). The van der Waals surface area contributed by atoms with Crippen LogP contribution in [0.4, 0.5) is 0 Å². The number of aliphatic hydroxyl groups is 2. The smallest absolute Gasteiger partial charge is 0.334 e. The minimum absolute atomic E-state index is 0.135. The molecule has 3 aliphatic rings. The summed E-state index contributed by atoms with van der Waals surface area (Å²) in [6.45, 7) is 8.17. The van der Waals surface area contributed by atoms with Crippen LogP contribution in [0.2, 0.25) is 0 Å². The van der Waals surface area contributed by atoms with E-state index in [0.29, 0.717) is 18.4 Å². The third kappa shape index (κ3) is 2.58. The van der Waals surface area contributed by atoms with E-state index in [2.05, 4.69) is 13.8 Å². The lowest BCUT2D eigenvalue weighted by molar-refractivity contribution is -0.229. The summed E-state index contributed by atoms with van der Waals surface area (Å²) in [5.74, 6) is -1.40. The number of esters is 1. The second-order valence-electron chi connectivity index (χ2n) is 9.08. The third-order valence-corrected chi connectivity index (χ3v) is 7.31. The Kier molecular flexibility index (Phi) is 4.40. The van der Waals surface area contributed by atoms with Gasteiger partial charge in [0, 0.05) is 22.8 Å². The lowest BCUT2D eigenvalue weighted by Crippen LogP contribution is -2.69. The van der Waals surface area contributed by atoms with Gasteiger partial charge in [-0.05, 0) is 37.2 Å². The average Bonchev–Trinajstić information content (AvgIpc) is 2.94. The molecule has 25 heavy (non-hydrogen) atoms. The molecule has 2 aliphatic carbocycles. The van der Waals surface area contributed by atoms with E-state index in [1.54, 1.807) is 13.0 Å². The highest BCUT2D eigenvalue weighted by Gasteiger charge is 2.66. The standard InChI is InChI=1S/C20H30O5/c1-12-14(21)15(22)16-18(2,3)8-5-9-19(16,4)20(12,24)10-6-13-7-11-25-17(13)23/h7,12,14,16,21,24H,5-6,8-11H2,1-4H3/t12-,14+,16+,19+,20+/m1/s1. The van der Waals surface area contributed by atoms with E-state index in [1.807, 2.05) is 6.92 Å². The summed E-state index contributed by atoms with van der Waals surface area (Å²) < 4.78 is 4.95. The molecular formula is C20H30O5. The molecule has 0 aromatic heterocycles. The molecule has 0 bridgehead atoms. The van der Waals surface area contributed by atoms with Crippen molar-refractivity contribution in [1.82, 2.24) is 0 Å². The zero-order chi connectivity index (χ0) is 18.6. The van der Waals surface area contributed by atoms with Crippen LogP contribution in [0.1, 0.15) is 59.8 Å². The van der Waals surface area contributed by atoms with Crippen LogP contribution in [-0.2, 0) is 14.3 Å². The number of hydrogen-bond acceptors (Lipinski definition) is 5. The predicted octanol–water partition coefficient (Wildman–Crippen LogP) is 2.39. The number of aliphatic hydroxyl groups excluding tert-OH is 1. The number of carbonyl (C=O) groups is 2. The second kappa shape index (κ2) is 5.92. The molecule has 1 aliphatic heterocycles. The van der Waals surface area contributed by atoms with E-state index < -0.39 is 23.0 Å². The molecule has 0 saturated heterocycles. The van der Waals surface area contributed by atoms with Gasteiger partial charge >= 0.3 is 5.97 Å². The Morgan fingerprint density at radius 3 is 2.52 bits per heavy atom. The Hall–Kier alpha value is -1.20. The number of ether oxygens (including phenoxy) is 1. The quantitative estimate of drug-likeness (QED) is 0.764. The van der Waals surface area contributed by atoms with Crippen molar-refractivity contribution in [2.75, 3.05) is 6.61 Å². The number of rotatable bonds is 3. The van der Waals surface area contributed by atoms with Gasteiger partial charge < -0.3 is 14.9 Å². The van der Waals surface area contributed by atoms with Crippen molar-refractivity contribution in [2.45, 2.75) is 71.5 Å². The maximum atomic E-state index is 12.9. The van der Waals surface area contributed by atoms with Crippen molar-refractivity contribution in [2.24, 2.45) is 22.7 Å². The first-order valence-electron chi connectivity index (χ1n) is 9.35. The number of ketones is 1. The lowest BCUT2D eigenvalue weighted by Gasteiger charge is -2.63. The monoisotopic (exact) mass is 350 g/mol. The highest BCUT2D eigenvalue weighted by molar-refractivity contribution is 5.90. The van der Waals surface area contributed by atoms with Gasteiger partial charge in [-0.1, -0.05) is 34.1 Å². The fraction of sp³-hybridized carbons (Fsp3) is 0.800. The minimum atomic E-state index is -1.20. The molecule has 2 N–H and O–H groups in total. The Balaban J connectivity index is 1.97. The van der Waals surface area contributed by atoms with Gasteiger partial charge in [0.2, 0.25) is 0 Å². The topological polar surface area (TPSA) is 83.8 Å². The molecule has 2 saturated carbocycles. The summed E-state index contributed by atoms with van der Waals surface area (Å²) in [7, 11) is 0. The molecule has 2 fully saturated rings. The first-order valence-corrected chi connectivity index (χ1v) is 9.35. The Bertz CT molecular complexity index is 622. The summed E-state index contributed by atoms with van der Waals surface area (Å²) in [6, 6.07) is 0. The SMILES string of the molecule is C[C@@H]1[C@H](O)C(=O)[C@H]2C(C)(C)CCC[C@]2(C)[C@]1(O)CCC1=CCOC1=O. The molecule has 140 valence electrons. The van der Waals surface area contributed by atoms with Crippen molar-refractivity contribution < 1.29 is 24.5 Å². The normalized spacial score (nSPS) is 43.4. The second-order valence-corrected chi connectivity index (χ2v) is 9.08. The molecule has 0 spiro atoms. The van der Waals surface area contributed by atoms with Gasteiger partial charge in [-0.2, -0.15) is 0 Å². The summed E-state index contributed by atoms with van der Waals surface area (Å²) in [5, 5.41) is 22.4. The van der Waals surface area contributed by atoms with Crippen molar-refractivity contribution in [3.63, 3.8) is 0 Å². The summed E-state index contributed by atoms with van der Waals surface area (Å²) in [4.78, 5) is 24.7. The predicted molar refractivity (Wildman–Crippen MR) is 92.6 cm³/mol. The minimum Gasteiger partial charge on any atom is -0.458 e. The van der Waals surface area contributed by atoms with Gasteiger partial charge in [-0.15, -0.1) is 0 Å². The van der Waals surface area contributed by atoms with Crippen molar-refractivity contribution in [3.8, 4) is 0 Å². The van der Waals surface area contributed by atoms with Crippen LogP contribution in [-0.4, -0.2) is 40.3 Å². The molecule has 0 unspecified atom stereocenters. The van der Waals surface area contributed by atoms with Crippen LogP contribution in [0.5, 0.6) is 0 Å². The fourth-order valence-corrected chi connectivity index (χ4v) is 5.86. The lowest BCUT2D eigenvalue weighted by atomic mass is 9.43. The largest absolute Gasteiger partial charge is 0.458 e. The molecule has 0 radical (unpaired) electrons. The zero-order valence-electron chi connectivity index (χ0n) is 15.7. The zero-order valence-corrected chi connectivity index (χ0v) is 15.7. The first-order chi connectivity index (χ1) is 11.5. The highest BCUT2D eigenvalue weighted by Crippen LogP contribution is 2.62. The van der Waals surface area contributed by atoms with Crippen LogP contribution in [0.25, 0.3) is 0 Å². The third-order valence-electron chi connectivity index (χ3n) is 7.31. The van der Waals surface area contributed by atoms with Gasteiger partial charge in [-0.3, -0.25) is 4.79 Å². The fourth-order valence-electron chi connectivity index (χ4n) is 5.86. The number of carbonyl (C=O) groups excluding carboxylic acids is 2.